The summed E-state index contributed by atoms with van der Waals surface area (Å²) in [4.78, 5) is 0. The molecule has 0 atom stereocenters. The summed E-state index contributed by atoms with van der Waals surface area (Å²) in [6.07, 6.45) is 1.64. The molecule has 0 radical (unpaired) electrons. The highest BCUT2D eigenvalue weighted by Gasteiger charge is 2.20. The topological polar surface area (TPSA) is 60.7 Å². The maximum atomic E-state index is 9.93. The molecule has 0 spiro atoms. The molecule has 0 amide bonds. The van der Waals surface area contributed by atoms with Gasteiger partial charge in [-0.25, -0.2) is 0 Å². The van der Waals surface area contributed by atoms with Gasteiger partial charge < -0.3 is 15.3 Å². The van der Waals surface area contributed by atoms with Gasteiger partial charge in [-0.2, -0.15) is 0 Å². The third kappa shape index (κ3) is 1.51. The Balaban J connectivity index is 2.31. The zero-order chi connectivity index (χ0) is 12.0. The summed E-state index contributed by atoms with van der Waals surface area (Å²) in [6.45, 7) is 0. The number of fused-ring (bicyclic) bond motifs is 3. The predicted octanol–water partition coefficient (Wildman–Crippen LogP) is 2.57. The summed E-state index contributed by atoms with van der Waals surface area (Å²) in [5.41, 5.74) is 3.60. The second-order valence-corrected chi connectivity index (χ2v) is 4.34. The van der Waals surface area contributed by atoms with Crippen molar-refractivity contribution in [3.8, 4) is 28.4 Å². The van der Waals surface area contributed by atoms with Crippen molar-refractivity contribution in [3.05, 3.63) is 41.5 Å². The molecule has 0 bridgehead atoms. The van der Waals surface area contributed by atoms with Gasteiger partial charge in [-0.15, -0.1) is 0 Å². The molecule has 0 fully saturated rings. The molecule has 3 nitrogen and oxygen atoms in total. The number of aryl methyl sites for hydroxylation is 2. The molecule has 17 heavy (non-hydrogen) atoms. The van der Waals surface area contributed by atoms with E-state index in [0.29, 0.717) is 0 Å². The standard InChI is InChI=1S/C14H12O3/c15-10-4-3-8-1-2-9-5-11(16)7-13(17)14(9)12(8)6-10/h3-7,15-17H,1-2H2. The maximum Gasteiger partial charge on any atom is 0.127 e. The Morgan fingerprint density at radius 3 is 2.35 bits per heavy atom. The number of hydrogen-bond donors (Lipinski definition) is 3. The quantitative estimate of drug-likeness (QED) is 0.649. The molecule has 0 aromatic heterocycles. The van der Waals surface area contributed by atoms with Crippen LogP contribution >= 0.6 is 0 Å². The van der Waals surface area contributed by atoms with Gasteiger partial charge in [-0.05, 0) is 47.7 Å². The molecule has 3 N–H and O–H groups in total. The average molecular weight is 228 g/mol. The van der Waals surface area contributed by atoms with Gasteiger partial charge in [0.15, 0.2) is 0 Å². The summed E-state index contributed by atoms with van der Waals surface area (Å²) in [5.74, 6) is 0.320. The van der Waals surface area contributed by atoms with Crippen molar-refractivity contribution in [2.24, 2.45) is 0 Å². The molecule has 0 heterocycles. The van der Waals surface area contributed by atoms with Gasteiger partial charge in [-0.1, -0.05) is 6.07 Å². The van der Waals surface area contributed by atoms with E-state index in [-0.39, 0.29) is 17.2 Å². The largest absolute Gasteiger partial charge is 0.508 e. The average Bonchev–Trinajstić information content (AvgIpc) is 2.27. The van der Waals surface area contributed by atoms with Crippen LogP contribution in [-0.2, 0) is 12.8 Å². The molecule has 0 aliphatic heterocycles. The highest BCUT2D eigenvalue weighted by molar-refractivity contribution is 5.80. The predicted molar refractivity (Wildman–Crippen MR) is 64.3 cm³/mol. The minimum Gasteiger partial charge on any atom is -0.508 e. The Bertz CT molecular complexity index is 603. The first-order valence-electron chi connectivity index (χ1n) is 5.52. The second-order valence-electron chi connectivity index (χ2n) is 4.34. The fourth-order valence-corrected chi connectivity index (χ4v) is 2.46. The van der Waals surface area contributed by atoms with E-state index in [0.717, 1.165) is 35.1 Å². The van der Waals surface area contributed by atoms with Crippen LogP contribution < -0.4 is 0 Å². The first-order valence-corrected chi connectivity index (χ1v) is 5.52. The molecule has 0 unspecified atom stereocenters. The Kier molecular flexibility index (Phi) is 2.01. The van der Waals surface area contributed by atoms with E-state index in [1.165, 1.54) is 6.07 Å². The number of benzene rings is 2. The summed E-state index contributed by atoms with van der Waals surface area (Å²) >= 11 is 0. The number of phenolic OH excluding ortho intramolecular Hbond substituents is 3. The van der Waals surface area contributed by atoms with Crippen molar-refractivity contribution < 1.29 is 15.3 Å². The highest BCUT2D eigenvalue weighted by Crippen LogP contribution is 2.42. The van der Waals surface area contributed by atoms with Crippen LogP contribution in [0.15, 0.2) is 30.3 Å². The van der Waals surface area contributed by atoms with Gasteiger partial charge in [-0.3, -0.25) is 0 Å². The van der Waals surface area contributed by atoms with Gasteiger partial charge in [0.1, 0.15) is 17.2 Å². The summed E-state index contributed by atoms with van der Waals surface area (Å²) in [5, 5.41) is 28.9. The van der Waals surface area contributed by atoms with Crippen molar-refractivity contribution in [2.75, 3.05) is 0 Å². The summed E-state index contributed by atoms with van der Waals surface area (Å²) < 4.78 is 0. The molecule has 0 saturated carbocycles. The van der Waals surface area contributed by atoms with Crippen molar-refractivity contribution >= 4 is 0 Å². The van der Waals surface area contributed by atoms with Crippen LogP contribution in [0.25, 0.3) is 11.1 Å². The smallest absolute Gasteiger partial charge is 0.127 e. The van der Waals surface area contributed by atoms with Crippen LogP contribution in [0, 0.1) is 0 Å². The lowest BCUT2D eigenvalue weighted by atomic mass is 9.85. The molecule has 2 aromatic carbocycles. The zero-order valence-corrected chi connectivity index (χ0v) is 9.14. The lowest BCUT2D eigenvalue weighted by molar-refractivity contribution is 0.450. The Morgan fingerprint density at radius 2 is 1.53 bits per heavy atom. The Labute approximate surface area is 98.6 Å². The monoisotopic (exact) mass is 228 g/mol. The van der Waals surface area contributed by atoms with Gasteiger partial charge in [0.25, 0.3) is 0 Å². The van der Waals surface area contributed by atoms with E-state index >= 15 is 0 Å². The zero-order valence-electron chi connectivity index (χ0n) is 9.14. The third-order valence-corrected chi connectivity index (χ3v) is 3.21. The van der Waals surface area contributed by atoms with Crippen molar-refractivity contribution in [1.29, 1.82) is 0 Å². The van der Waals surface area contributed by atoms with Crippen molar-refractivity contribution in [2.45, 2.75) is 12.8 Å². The van der Waals surface area contributed by atoms with E-state index in [1.807, 2.05) is 6.07 Å². The van der Waals surface area contributed by atoms with Crippen LogP contribution in [0.4, 0.5) is 0 Å². The van der Waals surface area contributed by atoms with Crippen LogP contribution in [-0.4, -0.2) is 15.3 Å². The molecule has 3 heteroatoms. The highest BCUT2D eigenvalue weighted by atomic mass is 16.3. The van der Waals surface area contributed by atoms with Gasteiger partial charge in [0.05, 0.1) is 0 Å². The van der Waals surface area contributed by atoms with E-state index in [4.69, 9.17) is 0 Å². The molecule has 2 aromatic rings. The first-order chi connectivity index (χ1) is 8.15. The SMILES string of the molecule is Oc1cc(O)c2c(c1)CCc1ccc(O)cc1-2. The van der Waals surface area contributed by atoms with Crippen molar-refractivity contribution in [1.82, 2.24) is 0 Å². The van der Waals surface area contributed by atoms with Gasteiger partial charge in [0.2, 0.25) is 0 Å². The van der Waals surface area contributed by atoms with Gasteiger partial charge >= 0.3 is 0 Å². The number of aromatic hydroxyl groups is 3. The lowest BCUT2D eigenvalue weighted by Crippen LogP contribution is -2.03. The number of phenols is 3. The molecular weight excluding hydrogens is 216 g/mol. The molecule has 86 valence electrons. The van der Waals surface area contributed by atoms with E-state index in [9.17, 15) is 15.3 Å². The normalized spacial score (nSPS) is 12.9. The lowest BCUT2D eigenvalue weighted by Gasteiger charge is -2.21. The molecule has 1 aliphatic rings. The Morgan fingerprint density at radius 1 is 0.765 bits per heavy atom. The van der Waals surface area contributed by atoms with Crippen LogP contribution in [0.3, 0.4) is 0 Å². The van der Waals surface area contributed by atoms with E-state index in [1.54, 1.807) is 18.2 Å². The fourth-order valence-electron chi connectivity index (χ4n) is 2.46. The molecule has 0 saturated heterocycles. The number of rotatable bonds is 0. The van der Waals surface area contributed by atoms with Crippen LogP contribution in [0.5, 0.6) is 17.2 Å². The van der Waals surface area contributed by atoms with Crippen LogP contribution in [0.1, 0.15) is 11.1 Å². The number of hydrogen-bond acceptors (Lipinski definition) is 3. The summed E-state index contributed by atoms with van der Waals surface area (Å²) in [6, 6.07) is 8.19. The minimum absolute atomic E-state index is 0.0616. The maximum absolute atomic E-state index is 9.93. The molecular formula is C14H12O3. The molecule has 3 rings (SSSR count). The van der Waals surface area contributed by atoms with E-state index < -0.39 is 0 Å². The fraction of sp³-hybridized carbons (Fsp3) is 0.143. The first kappa shape index (κ1) is 10.0. The van der Waals surface area contributed by atoms with Crippen molar-refractivity contribution in [3.63, 3.8) is 0 Å². The molecule has 1 aliphatic carbocycles. The minimum atomic E-state index is 0.0616. The van der Waals surface area contributed by atoms with Gasteiger partial charge in [0, 0.05) is 11.6 Å². The van der Waals surface area contributed by atoms with Crippen LogP contribution in [0.2, 0.25) is 0 Å². The van der Waals surface area contributed by atoms with E-state index in [2.05, 4.69) is 0 Å². The second kappa shape index (κ2) is 3.42. The summed E-state index contributed by atoms with van der Waals surface area (Å²) in [7, 11) is 0. The Hall–Kier alpha value is -2.16. The third-order valence-electron chi connectivity index (χ3n) is 3.21.